The molecule has 0 radical (unpaired) electrons. The Morgan fingerprint density at radius 2 is 1.78 bits per heavy atom. The van der Waals surface area contributed by atoms with E-state index in [1.54, 1.807) is 12.1 Å². The molecule has 0 fully saturated rings. The Morgan fingerprint density at radius 1 is 1.12 bits per heavy atom. The summed E-state index contributed by atoms with van der Waals surface area (Å²) in [5.74, 6) is -1.53. The first-order valence-corrected chi connectivity index (χ1v) is 11.6. The van der Waals surface area contributed by atoms with E-state index in [-0.39, 0.29) is 35.7 Å². The SMILES string of the molecule is CC(=CCc1c(C)c(C)c2c(c1OS(=O)(=O)c1ccc(C)cc1)C(=O)OC2)CCC(=O)O. The van der Waals surface area contributed by atoms with Gasteiger partial charge in [0.15, 0.2) is 5.75 Å². The quantitative estimate of drug-likeness (QED) is 0.355. The van der Waals surface area contributed by atoms with Crippen molar-refractivity contribution in [2.24, 2.45) is 0 Å². The van der Waals surface area contributed by atoms with Crippen LogP contribution in [0, 0.1) is 20.8 Å². The molecule has 0 amide bonds. The van der Waals surface area contributed by atoms with Crippen molar-refractivity contribution in [3.8, 4) is 5.75 Å². The number of carbonyl (C=O) groups excluding carboxylic acids is 1. The van der Waals surface area contributed by atoms with E-state index >= 15 is 0 Å². The predicted octanol–water partition coefficient (Wildman–Crippen LogP) is 4.40. The molecule has 0 saturated heterocycles. The average molecular weight is 459 g/mol. The Hall–Kier alpha value is -3.13. The first kappa shape index (κ1) is 23.5. The molecule has 0 aliphatic carbocycles. The topological polar surface area (TPSA) is 107 Å². The minimum atomic E-state index is -4.19. The number of cyclic esters (lactones) is 1. The molecular formula is C24H26O7S. The molecule has 0 atom stereocenters. The van der Waals surface area contributed by atoms with Gasteiger partial charge in [-0.3, -0.25) is 4.79 Å². The highest BCUT2D eigenvalue weighted by Gasteiger charge is 2.34. The molecule has 0 saturated carbocycles. The number of benzene rings is 2. The van der Waals surface area contributed by atoms with Crippen LogP contribution in [0.15, 0.2) is 40.8 Å². The summed E-state index contributed by atoms with van der Waals surface area (Å²) in [5, 5.41) is 8.89. The second-order valence-corrected chi connectivity index (χ2v) is 9.53. The molecule has 2 aromatic carbocycles. The smallest absolute Gasteiger partial charge is 0.342 e. The molecule has 0 unspecified atom stereocenters. The van der Waals surface area contributed by atoms with Crippen molar-refractivity contribution in [3.63, 3.8) is 0 Å². The number of hydrogen-bond acceptors (Lipinski definition) is 6. The molecule has 1 N–H and O–H groups in total. The third-order valence-electron chi connectivity index (χ3n) is 5.71. The number of rotatable bonds is 8. The van der Waals surface area contributed by atoms with Gasteiger partial charge in [-0.25, -0.2) is 4.79 Å². The fourth-order valence-corrected chi connectivity index (χ4v) is 4.56. The maximum atomic E-state index is 13.0. The largest absolute Gasteiger partial charge is 0.481 e. The highest BCUT2D eigenvalue weighted by Crippen LogP contribution is 2.40. The van der Waals surface area contributed by atoms with Gasteiger partial charge in [-0.05, 0) is 63.8 Å². The zero-order chi connectivity index (χ0) is 23.6. The molecular weight excluding hydrogens is 432 g/mol. The van der Waals surface area contributed by atoms with Crippen LogP contribution < -0.4 is 4.18 Å². The third-order valence-corrected chi connectivity index (χ3v) is 6.95. The van der Waals surface area contributed by atoms with Crippen LogP contribution in [-0.4, -0.2) is 25.5 Å². The fourth-order valence-electron chi connectivity index (χ4n) is 3.59. The Labute approximate surface area is 187 Å². The van der Waals surface area contributed by atoms with Gasteiger partial charge in [0, 0.05) is 17.5 Å². The molecule has 7 nitrogen and oxygen atoms in total. The molecule has 3 rings (SSSR count). The van der Waals surface area contributed by atoms with Gasteiger partial charge in [0.2, 0.25) is 0 Å². The number of carboxylic acids is 1. The van der Waals surface area contributed by atoms with Gasteiger partial charge in [0.25, 0.3) is 0 Å². The van der Waals surface area contributed by atoms with Gasteiger partial charge >= 0.3 is 22.1 Å². The number of carboxylic acid groups (broad SMARTS) is 1. The van der Waals surface area contributed by atoms with Crippen LogP contribution in [0.5, 0.6) is 5.75 Å². The number of carbonyl (C=O) groups is 2. The summed E-state index contributed by atoms with van der Waals surface area (Å²) in [6.07, 6.45) is 2.50. The molecule has 0 bridgehead atoms. The molecule has 8 heteroatoms. The second-order valence-electron chi connectivity index (χ2n) is 7.99. The maximum absolute atomic E-state index is 13.0. The van der Waals surface area contributed by atoms with Crippen molar-refractivity contribution in [2.45, 2.75) is 58.5 Å². The van der Waals surface area contributed by atoms with Crippen LogP contribution in [0.3, 0.4) is 0 Å². The Bertz CT molecular complexity index is 1210. The molecule has 1 heterocycles. The molecule has 1 aliphatic rings. The van der Waals surface area contributed by atoms with E-state index in [9.17, 15) is 18.0 Å². The summed E-state index contributed by atoms with van der Waals surface area (Å²) in [6.45, 7) is 7.44. The van der Waals surface area contributed by atoms with Gasteiger partial charge in [0.1, 0.15) is 17.1 Å². The van der Waals surface area contributed by atoms with E-state index in [0.29, 0.717) is 17.5 Å². The van der Waals surface area contributed by atoms with E-state index in [2.05, 4.69) is 0 Å². The second kappa shape index (κ2) is 9.16. The lowest BCUT2D eigenvalue weighted by Gasteiger charge is -2.18. The minimum Gasteiger partial charge on any atom is -0.481 e. The van der Waals surface area contributed by atoms with E-state index in [1.165, 1.54) is 12.1 Å². The number of fused-ring (bicyclic) bond motifs is 1. The van der Waals surface area contributed by atoms with Gasteiger partial charge in [-0.2, -0.15) is 8.42 Å². The monoisotopic (exact) mass is 458 g/mol. The number of aliphatic carboxylic acids is 1. The van der Waals surface area contributed by atoms with E-state index < -0.39 is 22.1 Å². The lowest BCUT2D eigenvalue weighted by atomic mass is 9.91. The fraction of sp³-hybridized carbons (Fsp3) is 0.333. The predicted molar refractivity (Wildman–Crippen MR) is 118 cm³/mol. The van der Waals surface area contributed by atoms with Crippen molar-refractivity contribution >= 4 is 22.1 Å². The van der Waals surface area contributed by atoms with E-state index in [1.807, 2.05) is 33.8 Å². The van der Waals surface area contributed by atoms with Crippen molar-refractivity contribution in [1.29, 1.82) is 0 Å². The lowest BCUT2D eigenvalue weighted by molar-refractivity contribution is -0.136. The van der Waals surface area contributed by atoms with Crippen molar-refractivity contribution < 1.29 is 32.0 Å². The van der Waals surface area contributed by atoms with Crippen molar-refractivity contribution in [1.82, 2.24) is 0 Å². The zero-order valence-corrected chi connectivity index (χ0v) is 19.3. The van der Waals surface area contributed by atoms with Crippen LogP contribution in [-0.2, 0) is 32.7 Å². The van der Waals surface area contributed by atoms with E-state index in [0.717, 1.165) is 22.3 Å². The number of esters is 1. The standard InChI is InChI=1S/C24H26O7S/c1-14-5-9-18(10-6-14)32(28,29)31-23-19(11-7-15(2)8-12-21(25)26)16(3)17(4)20-13-30-24(27)22(20)23/h5-7,9-10H,8,11-13H2,1-4H3,(H,25,26). The minimum absolute atomic E-state index is 0.00200. The number of allylic oxidation sites excluding steroid dienone is 2. The Balaban J connectivity index is 2.09. The van der Waals surface area contributed by atoms with Crippen LogP contribution in [0.1, 0.15) is 57.9 Å². The normalized spacial score (nSPS) is 13.6. The van der Waals surface area contributed by atoms with Crippen molar-refractivity contribution in [2.75, 3.05) is 0 Å². The summed E-state index contributed by atoms with van der Waals surface area (Å²) in [7, 11) is -4.19. The highest BCUT2D eigenvalue weighted by molar-refractivity contribution is 7.87. The van der Waals surface area contributed by atoms with Gasteiger partial charge in [0.05, 0.1) is 0 Å². The summed E-state index contributed by atoms with van der Waals surface area (Å²) >= 11 is 0. The van der Waals surface area contributed by atoms with Crippen LogP contribution in [0.25, 0.3) is 0 Å². The summed E-state index contributed by atoms with van der Waals surface area (Å²) in [4.78, 5) is 23.3. The van der Waals surface area contributed by atoms with Crippen LogP contribution in [0.2, 0.25) is 0 Å². The first-order chi connectivity index (χ1) is 15.0. The summed E-state index contributed by atoms with van der Waals surface area (Å²) in [5.41, 5.74) is 4.72. The first-order valence-electron chi connectivity index (χ1n) is 10.2. The molecule has 32 heavy (non-hydrogen) atoms. The highest BCUT2D eigenvalue weighted by atomic mass is 32.2. The van der Waals surface area contributed by atoms with Crippen LogP contribution >= 0.6 is 0 Å². The third kappa shape index (κ3) is 4.85. The maximum Gasteiger partial charge on any atom is 0.342 e. The molecule has 0 spiro atoms. The molecule has 1 aliphatic heterocycles. The summed E-state index contributed by atoms with van der Waals surface area (Å²) in [6, 6.07) is 6.26. The zero-order valence-electron chi connectivity index (χ0n) is 18.5. The van der Waals surface area contributed by atoms with E-state index in [4.69, 9.17) is 14.0 Å². The Morgan fingerprint density at radius 3 is 2.41 bits per heavy atom. The lowest BCUT2D eigenvalue weighted by Crippen LogP contribution is -2.15. The van der Waals surface area contributed by atoms with Gasteiger partial charge < -0.3 is 14.0 Å². The summed E-state index contributed by atoms with van der Waals surface area (Å²) < 4.78 is 36.8. The van der Waals surface area contributed by atoms with Gasteiger partial charge in [-0.1, -0.05) is 29.3 Å². The number of aryl methyl sites for hydroxylation is 1. The number of hydrogen-bond donors (Lipinski definition) is 1. The van der Waals surface area contributed by atoms with Gasteiger partial charge in [-0.15, -0.1) is 0 Å². The molecule has 2 aromatic rings. The average Bonchev–Trinajstić information content (AvgIpc) is 3.11. The van der Waals surface area contributed by atoms with Crippen molar-refractivity contribution in [3.05, 3.63) is 69.3 Å². The Kier molecular flexibility index (Phi) is 6.74. The van der Waals surface area contributed by atoms with Crippen LogP contribution in [0.4, 0.5) is 0 Å². The molecule has 0 aromatic heterocycles. The molecule has 170 valence electrons. The number of ether oxygens (including phenoxy) is 1.